The molecule has 0 spiro atoms. The van der Waals surface area contributed by atoms with Crippen molar-refractivity contribution in [1.29, 1.82) is 0 Å². The lowest BCUT2D eigenvalue weighted by Crippen LogP contribution is -2.15. The van der Waals surface area contributed by atoms with E-state index in [1.165, 1.54) is 6.21 Å². The van der Waals surface area contributed by atoms with Crippen LogP contribution in [0.15, 0.2) is 34.2 Å². The smallest absolute Gasteiger partial charge is 0.274 e. The maximum atomic E-state index is 11.3. The van der Waals surface area contributed by atoms with Gasteiger partial charge in [-0.3, -0.25) is 9.78 Å². The molecule has 1 heterocycles. The van der Waals surface area contributed by atoms with Gasteiger partial charge in [-0.05, 0) is 13.0 Å². The fourth-order valence-electron chi connectivity index (χ4n) is 1.19. The van der Waals surface area contributed by atoms with E-state index in [-0.39, 0.29) is 11.5 Å². The molecule has 0 aliphatic heterocycles. The summed E-state index contributed by atoms with van der Waals surface area (Å²) in [6, 6.07) is 7.25. The highest BCUT2D eigenvalue weighted by molar-refractivity contribution is 6.33. The molecular formula is C11H10ClN5O. The Morgan fingerprint density at radius 2 is 2.17 bits per heavy atom. The highest BCUT2D eigenvalue weighted by atomic mass is 35.5. The second kappa shape index (κ2) is 5.42. The van der Waals surface area contributed by atoms with E-state index in [1.807, 2.05) is 18.2 Å². The number of benzene rings is 1. The zero-order chi connectivity index (χ0) is 13.0. The Balaban J connectivity index is 2.10. The summed E-state index contributed by atoms with van der Waals surface area (Å²) in [6.45, 7) is 1.57. The van der Waals surface area contributed by atoms with E-state index in [4.69, 9.17) is 11.6 Å². The molecule has 0 unspecified atom stereocenters. The van der Waals surface area contributed by atoms with Gasteiger partial charge in [-0.1, -0.05) is 29.8 Å². The van der Waals surface area contributed by atoms with Gasteiger partial charge in [0.1, 0.15) is 5.69 Å². The summed E-state index contributed by atoms with van der Waals surface area (Å²) in [5.41, 5.74) is 3.32. The predicted molar refractivity (Wildman–Crippen MR) is 70.1 cm³/mol. The van der Waals surface area contributed by atoms with E-state index in [0.29, 0.717) is 10.7 Å². The molecule has 2 aromatic rings. The van der Waals surface area contributed by atoms with Gasteiger partial charge in [0, 0.05) is 10.6 Å². The molecule has 0 saturated heterocycles. The monoisotopic (exact) mass is 263 g/mol. The lowest BCUT2D eigenvalue weighted by molar-refractivity contribution is 0.897. The Bertz CT molecular complexity index is 637. The average Bonchev–Trinajstić information content (AvgIpc) is 2.36. The maximum Gasteiger partial charge on any atom is 0.274 e. The first-order valence-corrected chi connectivity index (χ1v) is 5.52. The first-order chi connectivity index (χ1) is 8.66. The number of nitrogens with one attached hydrogen (secondary N) is 2. The Morgan fingerprint density at radius 3 is 2.89 bits per heavy atom. The SMILES string of the molecule is Cc1nnc(NN=Cc2ccccc2Cl)[nH]c1=O. The molecule has 1 aromatic heterocycles. The lowest BCUT2D eigenvalue weighted by Gasteiger charge is -1.99. The number of halogens is 1. The Morgan fingerprint density at radius 1 is 1.39 bits per heavy atom. The van der Waals surface area contributed by atoms with E-state index >= 15 is 0 Å². The second-order valence-corrected chi connectivity index (χ2v) is 3.89. The molecule has 18 heavy (non-hydrogen) atoms. The third-order valence-electron chi connectivity index (χ3n) is 2.14. The first-order valence-electron chi connectivity index (χ1n) is 5.14. The molecular weight excluding hydrogens is 254 g/mol. The van der Waals surface area contributed by atoms with Crippen LogP contribution in [0.1, 0.15) is 11.3 Å². The van der Waals surface area contributed by atoms with Gasteiger partial charge < -0.3 is 0 Å². The van der Waals surface area contributed by atoms with Crippen LogP contribution < -0.4 is 11.0 Å². The van der Waals surface area contributed by atoms with Crippen LogP contribution in [-0.2, 0) is 0 Å². The summed E-state index contributed by atoms with van der Waals surface area (Å²) in [5.74, 6) is 0.175. The second-order valence-electron chi connectivity index (χ2n) is 3.48. The van der Waals surface area contributed by atoms with Gasteiger partial charge >= 0.3 is 0 Å². The number of aryl methyl sites for hydroxylation is 1. The standard InChI is InChI=1S/C11H10ClN5O/c1-7-10(18)14-11(17-15-7)16-13-6-8-4-2-3-5-9(8)12/h2-6H,1H3,(H2,14,16,17,18). The van der Waals surface area contributed by atoms with Gasteiger partial charge in [-0.25, -0.2) is 5.43 Å². The number of hydrogen-bond donors (Lipinski definition) is 2. The summed E-state index contributed by atoms with van der Waals surface area (Å²) in [7, 11) is 0. The molecule has 0 radical (unpaired) electrons. The van der Waals surface area contributed by atoms with Crippen LogP contribution in [0.4, 0.5) is 5.95 Å². The topological polar surface area (TPSA) is 83.0 Å². The summed E-state index contributed by atoms with van der Waals surface area (Å²) in [6.07, 6.45) is 1.53. The van der Waals surface area contributed by atoms with Gasteiger partial charge in [-0.15, -0.1) is 10.2 Å². The minimum atomic E-state index is -0.305. The summed E-state index contributed by atoms with van der Waals surface area (Å²) < 4.78 is 0. The molecule has 0 aliphatic rings. The molecule has 0 bridgehead atoms. The first kappa shape index (κ1) is 12.3. The van der Waals surface area contributed by atoms with Gasteiger partial charge in [0.2, 0.25) is 5.95 Å². The van der Waals surface area contributed by atoms with Crippen molar-refractivity contribution < 1.29 is 0 Å². The molecule has 0 amide bonds. The van der Waals surface area contributed by atoms with E-state index < -0.39 is 0 Å². The van der Waals surface area contributed by atoms with Crippen molar-refractivity contribution in [1.82, 2.24) is 15.2 Å². The molecule has 6 nitrogen and oxygen atoms in total. The highest BCUT2D eigenvalue weighted by Crippen LogP contribution is 2.12. The van der Waals surface area contributed by atoms with E-state index in [0.717, 1.165) is 5.56 Å². The third kappa shape index (κ3) is 2.92. The highest BCUT2D eigenvalue weighted by Gasteiger charge is 1.98. The molecule has 2 N–H and O–H groups in total. The van der Waals surface area contributed by atoms with E-state index in [9.17, 15) is 4.79 Å². The minimum Gasteiger partial charge on any atom is -0.288 e. The largest absolute Gasteiger partial charge is 0.288 e. The van der Waals surface area contributed by atoms with Crippen LogP contribution in [0, 0.1) is 6.92 Å². The predicted octanol–water partition coefficient (Wildman–Crippen LogP) is 1.57. The van der Waals surface area contributed by atoms with Crippen molar-refractivity contribution in [2.45, 2.75) is 6.92 Å². The van der Waals surface area contributed by atoms with Crippen molar-refractivity contribution in [3.63, 3.8) is 0 Å². The van der Waals surface area contributed by atoms with E-state index in [2.05, 4.69) is 25.7 Å². The Hall–Kier alpha value is -2.21. The van der Waals surface area contributed by atoms with Crippen LogP contribution in [0.3, 0.4) is 0 Å². The fraction of sp³-hybridized carbons (Fsp3) is 0.0909. The number of aromatic amines is 1. The van der Waals surface area contributed by atoms with Gasteiger partial charge in [-0.2, -0.15) is 5.10 Å². The van der Waals surface area contributed by atoms with Gasteiger partial charge in [0.25, 0.3) is 5.56 Å². The summed E-state index contributed by atoms with van der Waals surface area (Å²) in [4.78, 5) is 13.7. The normalized spacial score (nSPS) is 10.8. The van der Waals surface area contributed by atoms with Crippen LogP contribution in [0.5, 0.6) is 0 Å². The average molecular weight is 264 g/mol. The van der Waals surface area contributed by atoms with Crippen LogP contribution >= 0.6 is 11.6 Å². The molecule has 0 aliphatic carbocycles. The third-order valence-corrected chi connectivity index (χ3v) is 2.48. The van der Waals surface area contributed by atoms with Crippen LogP contribution in [0.2, 0.25) is 5.02 Å². The maximum absolute atomic E-state index is 11.3. The molecule has 0 saturated carbocycles. The summed E-state index contributed by atoms with van der Waals surface area (Å²) in [5, 5.41) is 11.9. The number of rotatable bonds is 3. The zero-order valence-corrected chi connectivity index (χ0v) is 10.3. The minimum absolute atomic E-state index is 0.175. The molecule has 0 atom stereocenters. The number of hydrazone groups is 1. The summed E-state index contributed by atoms with van der Waals surface area (Å²) >= 11 is 5.95. The van der Waals surface area contributed by atoms with Crippen LogP contribution in [-0.4, -0.2) is 21.4 Å². The Labute approximate surface area is 108 Å². The molecule has 1 aromatic carbocycles. The van der Waals surface area contributed by atoms with Crippen molar-refractivity contribution in [3.05, 3.63) is 50.9 Å². The van der Waals surface area contributed by atoms with Crippen LogP contribution in [0.25, 0.3) is 0 Å². The van der Waals surface area contributed by atoms with Crippen molar-refractivity contribution in [2.75, 3.05) is 5.43 Å². The fourth-order valence-corrected chi connectivity index (χ4v) is 1.37. The number of H-pyrrole nitrogens is 1. The van der Waals surface area contributed by atoms with Gasteiger partial charge in [0.15, 0.2) is 0 Å². The van der Waals surface area contributed by atoms with E-state index in [1.54, 1.807) is 13.0 Å². The molecule has 0 fully saturated rings. The lowest BCUT2D eigenvalue weighted by atomic mass is 10.2. The molecule has 92 valence electrons. The molecule has 7 heteroatoms. The molecule has 2 rings (SSSR count). The number of hydrogen-bond acceptors (Lipinski definition) is 5. The van der Waals surface area contributed by atoms with Crippen molar-refractivity contribution in [2.24, 2.45) is 5.10 Å². The number of nitrogens with zero attached hydrogens (tertiary/aromatic N) is 3. The van der Waals surface area contributed by atoms with Crippen molar-refractivity contribution >= 4 is 23.8 Å². The zero-order valence-electron chi connectivity index (χ0n) is 9.51. The van der Waals surface area contributed by atoms with Gasteiger partial charge in [0.05, 0.1) is 6.21 Å². The Kier molecular flexibility index (Phi) is 3.69. The number of aromatic nitrogens is 3. The quantitative estimate of drug-likeness (QED) is 0.650. The van der Waals surface area contributed by atoms with Crippen molar-refractivity contribution in [3.8, 4) is 0 Å². The number of anilines is 1.